The van der Waals surface area contributed by atoms with E-state index in [9.17, 15) is 8.42 Å². The molecule has 21 heavy (non-hydrogen) atoms. The van der Waals surface area contributed by atoms with E-state index < -0.39 is 9.84 Å². The van der Waals surface area contributed by atoms with Crippen LogP contribution >= 0.6 is 23.2 Å². The highest BCUT2D eigenvalue weighted by atomic mass is 35.5. The highest BCUT2D eigenvalue weighted by Gasteiger charge is 2.17. The van der Waals surface area contributed by atoms with Gasteiger partial charge in [-0.1, -0.05) is 48.0 Å². The van der Waals surface area contributed by atoms with Gasteiger partial charge in [0.1, 0.15) is 0 Å². The van der Waals surface area contributed by atoms with Crippen LogP contribution in [0.1, 0.15) is 5.56 Å². The van der Waals surface area contributed by atoms with Gasteiger partial charge in [-0.3, -0.25) is 0 Å². The summed E-state index contributed by atoms with van der Waals surface area (Å²) in [6.45, 7) is 0. The molecule has 0 fully saturated rings. The number of hydrogen-bond donors (Lipinski definition) is 0. The normalized spacial score (nSPS) is 12.4. The second-order valence-electron chi connectivity index (χ2n) is 4.46. The van der Waals surface area contributed by atoms with Crippen molar-refractivity contribution < 1.29 is 8.42 Å². The van der Waals surface area contributed by atoms with Gasteiger partial charge in [0, 0.05) is 10.9 Å². The number of allylic oxidation sites excluding steroid dienone is 1. The molecule has 0 aliphatic heterocycles. The van der Waals surface area contributed by atoms with Crippen molar-refractivity contribution in [3.8, 4) is 0 Å². The zero-order valence-corrected chi connectivity index (χ0v) is 13.5. The molecular weight excluding hydrogens is 327 g/mol. The van der Waals surface area contributed by atoms with Crippen LogP contribution in [0.25, 0.3) is 5.57 Å². The Morgan fingerprint density at radius 1 is 1.00 bits per heavy atom. The van der Waals surface area contributed by atoms with Gasteiger partial charge in [0.25, 0.3) is 0 Å². The SMILES string of the molecule is O=S(=O)(C/C(=C/CCl)c1ccc(Cl)cc1)c1ccccc1. The van der Waals surface area contributed by atoms with Gasteiger partial charge in [-0.05, 0) is 35.4 Å². The Balaban J connectivity index is 2.33. The summed E-state index contributed by atoms with van der Waals surface area (Å²) in [6.07, 6.45) is 1.71. The van der Waals surface area contributed by atoms with Gasteiger partial charge in [-0.25, -0.2) is 8.42 Å². The molecule has 0 aliphatic carbocycles. The van der Waals surface area contributed by atoms with Crippen molar-refractivity contribution in [2.75, 3.05) is 11.6 Å². The van der Waals surface area contributed by atoms with Crippen molar-refractivity contribution in [2.45, 2.75) is 4.90 Å². The smallest absolute Gasteiger partial charge is 0.182 e. The maximum Gasteiger partial charge on any atom is 0.182 e. The van der Waals surface area contributed by atoms with Crippen molar-refractivity contribution in [1.82, 2.24) is 0 Å². The molecule has 0 aliphatic rings. The van der Waals surface area contributed by atoms with Crippen LogP contribution < -0.4 is 0 Å². The van der Waals surface area contributed by atoms with E-state index in [0.29, 0.717) is 15.5 Å². The summed E-state index contributed by atoms with van der Waals surface area (Å²) < 4.78 is 24.9. The lowest BCUT2D eigenvalue weighted by atomic mass is 10.1. The van der Waals surface area contributed by atoms with Crippen molar-refractivity contribution in [3.63, 3.8) is 0 Å². The van der Waals surface area contributed by atoms with Crippen LogP contribution in [0.15, 0.2) is 65.6 Å². The monoisotopic (exact) mass is 340 g/mol. The van der Waals surface area contributed by atoms with E-state index in [1.807, 2.05) is 0 Å². The van der Waals surface area contributed by atoms with Gasteiger partial charge in [0.2, 0.25) is 0 Å². The van der Waals surface area contributed by atoms with Gasteiger partial charge in [-0.2, -0.15) is 0 Å². The fourth-order valence-electron chi connectivity index (χ4n) is 1.93. The highest BCUT2D eigenvalue weighted by Crippen LogP contribution is 2.22. The molecule has 0 atom stereocenters. The van der Waals surface area contributed by atoms with Crippen molar-refractivity contribution in [2.24, 2.45) is 0 Å². The van der Waals surface area contributed by atoms with E-state index in [1.54, 1.807) is 60.7 Å². The van der Waals surface area contributed by atoms with Crippen molar-refractivity contribution in [1.29, 1.82) is 0 Å². The van der Waals surface area contributed by atoms with Gasteiger partial charge in [0.05, 0.1) is 10.6 Å². The summed E-state index contributed by atoms with van der Waals surface area (Å²) in [5, 5.41) is 0.606. The number of halogens is 2. The number of sulfone groups is 1. The third kappa shape index (κ3) is 4.34. The Morgan fingerprint density at radius 3 is 2.19 bits per heavy atom. The second-order valence-corrected chi connectivity index (χ2v) is 7.20. The Labute approximate surface area is 134 Å². The molecule has 2 aromatic carbocycles. The lowest BCUT2D eigenvalue weighted by Gasteiger charge is -2.09. The lowest BCUT2D eigenvalue weighted by molar-refractivity contribution is 0.599. The molecule has 0 N–H and O–H groups in total. The first kappa shape index (κ1) is 16.1. The van der Waals surface area contributed by atoms with E-state index in [4.69, 9.17) is 23.2 Å². The highest BCUT2D eigenvalue weighted by molar-refractivity contribution is 7.91. The van der Waals surface area contributed by atoms with Crippen LogP contribution in [0.5, 0.6) is 0 Å². The van der Waals surface area contributed by atoms with Crippen molar-refractivity contribution >= 4 is 38.6 Å². The van der Waals surface area contributed by atoms with Gasteiger partial charge >= 0.3 is 0 Å². The number of hydrogen-bond acceptors (Lipinski definition) is 2. The van der Waals surface area contributed by atoms with Crippen LogP contribution in [0.4, 0.5) is 0 Å². The third-order valence-electron chi connectivity index (χ3n) is 2.99. The predicted octanol–water partition coefficient (Wildman–Crippen LogP) is 4.44. The molecule has 0 saturated carbocycles. The summed E-state index contributed by atoms with van der Waals surface area (Å²) in [4.78, 5) is 0.305. The largest absolute Gasteiger partial charge is 0.223 e. The van der Waals surface area contributed by atoms with Crippen LogP contribution in [-0.2, 0) is 9.84 Å². The average molecular weight is 341 g/mol. The third-order valence-corrected chi connectivity index (χ3v) is 5.07. The Morgan fingerprint density at radius 2 is 1.62 bits per heavy atom. The molecule has 2 nitrogen and oxygen atoms in total. The molecule has 2 aromatic rings. The molecule has 0 heterocycles. The molecule has 0 spiro atoms. The van der Waals surface area contributed by atoms with Gasteiger partial charge in [-0.15, -0.1) is 11.6 Å². The quantitative estimate of drug-likeness (QED) is 0.754. The minimum absolute atomic E-state index is 0.0919. The number of benzene rings is 2. The standard InChI is InChI=1S/C16H14Cl2O2S/c17-11-10-14(13-6-8-15(18)9-7-13)12-21(19,20)16-4-2-1-3-5-16/h1-10H,11-12H2/b14-10-. The van der Waals surface area contributed by atoms with Crippen LogP contribution in [0.3, 0.4) is 0 Å². The van der Waals surface area contributed by atoms with E-state index in [0.717, 1.165) is 5.56 Å². The average Bonchev–Trinajstić information content (AvgIpc) is 2.48. The summed E-state index contributed by atoms with van der Waals surface area (Å²) in [5.74, 6) is 0.160. The topological polar surface area (TPSA) is 34.1 Å². The van der Waals surface area contributed by atoms with E-state index >= 15 is 0 Å². The molecule has 5 heteroatoms. The summed E-state index contributed by atoms with van der Waals surface area (Å²) in [7, 11) is -3.40. The van der Waals surface area contributed by atoms with Crippen LogP contribution in [0.2, 0.25) is 5.02 Å². The molecule has 0 radical (unpaired) electrons. The molecule has 0 amide bonds. The molecular formula is C16H14Cl2O2S. The predicted molar refractivity (Wildman–Crippen MR) is 88.6 cm³/mol. The zero-order valence-electron chi connectivity index (χ0n) is 11.2. The second kappa shape index (κ2) is 7.12. The molecule has 110 valence electrons. The van der Waals surface area contributed by atoms with Crippen molar-refractivity contribution in [3.05, 3.63) is 71.3 Å². The van der Waals surface area contributed by atoms with Gasteiger partial charge < -0.3 is 0 Å². The minimum Gasteiger partial charge on any atom is -0.223 e. The fraction of sp³-hybridized carbons (Fsp3) is 0.125. The van der Waals surface area contributed by atoms with Crippen LogP contribution in [0, 0.1) is 0 Å². The molecule has 0 bridgehead atoms. The van der Waals surface area contributed by atoms with Gasteiger partial charge in [0.15, 0.2) is 9.84 Å². The summed E-state index contributed by atoms with van der Waals surface area (Å²) in [6, 6.07) is 15.4. The maximum absolute atomic E-state index is 12.4. The lowest BCUT2D eigenvalue weighted by Crippen LogP contribution is -2.09. The van der Waals surface area contributed by atoms with E-state index in [-0.39, 0.29) is 11.6 Å². The Bertz CT molecular complexity index is 721. The molecule has 0 unspecified atom stereocenters. The first-order valence-electron chi connectivity index (χ1n) is 6.31. The molecule has 0 aromatic heterocycles. The minimum atomic E-state index is -3.40. The molecule has 2 rings (SSSR count). The first-order chi connectivity index (χ1) is 10.0. The Hall–Kier alpha value is -1.29. The number of alkyl halides is 1. The van der Waals surface area contributed by atoms with Crippen LogP contribution in [-0.4, -0.2) is 20.1 Å². The summed E-state index contributed by atoms with van der Waals surface area (Å²) in [5.41, 5.74) is 1.48. The first-order valence-corrected chi connectivity index (χ1v) is 8.88. The zero-order chi connectivity index (χ0) is 15.3. The summed E-state index contributed by atoms with van der Waals surface area (Å²) >= 11 is 11.6. The number of rotatable bonds is 5. The maximum atomic E-state index is 12.4. The van der Waals surface area contributed by atoms with E-state index in [1.165, 1.54) is 0 Å². The Kier molecular flexibility index (Phi) is 5.45. The molecule has 0 saturated heterocycles. The van der Waals surface area contributed by atoms with E-state index in [2.05, 4.69) is 0 Å². The fourth-order valence-corrected chi connectivity index (χ4v) is 3.68.